The molecule has 0 amide bonds. The number of hydrogen-bond donors (Lipinski definition) is 0. The summed E-state index contributed by atoms with van der Waals surface area (Å²) in [5, 5.41) is 0. The molecule has 0 aliphatic rings. The van der Waals surface area contributed by atoms with Gasteiger partial charge in [-0.05, 0) is 37.5 Å². The highest BCUT2D eigenvalue weighted by Crippen LogP contribution is 2.09. The molecule has 0 aromatic heterocycles. The van der Waals surface area contributed by atoms with Crippen molar-refractivity contribution in [3.8, 4) is 11.8 Å². The van der Waals surface area contributed by atoms with Gasteiger partial charge in [0.15, 0.2) is 0 Å². The van der Waals surface area contributed by atoms with Crippen molar-refractivity contribution in [1.29, 1.82) is 0 Å². The lowest BCUT2D eigenvalue weighted by molar-refractivity contribution is 0.641. The highest BCUT2D eigenvalue weighted by Gasteiger charge is 1.93. The second-order valence-corrected chi connectivity index (χ2v) is 4.78. The summed E-state index contributed by atoms with van der Waals surface area (Å²) < 4.78 is 0. The van der Waals surface area contributed by atoms with Crippen molar-refractivity contribution in [2.75, 3.05) is 0 Å². The molecule has 0 saturated carbocycles. The second kappa shape index (κ2) is 7.96. The van der Waals surface area contributed by atoms with Gasteiger partial charge < -0.3 is 0 Å². The molecule has 0 nitrogen and oxygen atoms in total. The zero-order valence-electron chi connectivity index (χ0n) is 11.5. The molecule has 0 aliphatic carbocycles. The molecule has 92 valence electrons. The number of unbranched alkanes of at least 4 members (excludes halogenated alkanes) is 5. The van der Waals surface area contributed by atoms with Gasteiger partial charge in [-0.2, -0.15) is 0 Å². The van der Waals surface area contributed by atoms with Crippen LogP contribution in [0.4, 0.5) is 0 Å². The Morgan fingerprint density at radius 2 is 1.76 bits per heavy atom. The van der Waals surface area contributed by atoms with Crippen molar-refractivity contribution in [2.45, 2.75) is 59.3 Å². The molecular weight excluding hydrogens is 204 g/mol. The lowest BCUT2D eigenvalue weighted by Gasteiger charge is -1.99. The quantitative estimate of drug-likeness (QED) is 0.490. The molecule has 1 rings (SSSR count). The first-order valence-electron chi connectivity index (χ1n) is 6.80. The van der Waals surface area contributed by atoms with Gasteiger partial charge in [0.25, 0.3) is 0 Å². The van der Waals surface area contributed by atoms with Gasteiger partial charge in [-0.15, -0.1) is 0 Å². The predicted molar refractivity (Wildman–Crippen MR) is 76.2 cm³/mol. The third-order valence-corrected chi connectivity index (χ3v) is 3.02. The zero-order chi connectivity index (χ0) is 12.5. The van der Waals surface area contributed by atoms with Crippen LogP contribution in [0.1, 0.15) is 62.1 Å². The lowest BCUT2D eigenvalue weighted by Crippen LogP contribution is -1.83. The molecule has 0 radical (unpaired) electrons. The summed E-state index contributed by atoms with van der Waals surface area (Å²) in [4.78, 5) is 0. The van der Waals surface area contributed by atoms with Crippen LogP contribution in [0.5, 0.6) is 0 Å². The van der Waals surface area contributed by atoms with Gasteiger partial charge in [0.2, 0.25) is 0 Å². The maximum atomic E-state index is 3.30. The van der Waals surface area contributed by atoms with Crippen molar-refractivity contribution in [1.82, 2.24) is 0 Å². The highest BCUT2D eigenvalue weighted by atomic mass is 14.0. The summed E-state index contributed by atoms with van der Waals surface area (Å²) >= 11 is 0. The van der Waals surface area contributed by atoms with Crippen LogP contribution >= 0.6 is 0 Å². The Morgan fingerprint density at radius 3 is 2.53 bits per heavy atom. The number of aryl methyl sites for hydroxylation is 2. The van der Waals surface area contributed by atoms with Crippen LogP contribution in [0.25, 0.3) is 0 Å². The molecule has 0 atom stereocenters. The van der Waals surface area contributed by atoms with E-state index in [4.69, 9.17) is 0 Å². The average molecular weight is 228 g/mol. The van der Waals surface area contributed by atoms with Gasteiger partial charge in [-0.1, -0.05) is 56.6 Å². The molecule has 0 fully saturated rings. The van der Waals surface area contributed by atoms with E-state index in [2.05, 4.69) is 50.8 Å². The van der Waals surface area contributed by atoms with Crippen LogP contribution in [0.15, 0.2) is 18.2 Å². The normalized spacial score (nSPS) is 9.82. The monoisotopic (exact) mass is 228 g/mol. The number of benzene rings is 1. The zero-order valence-corrected chi connectivity index (χ0v) is 11.5. The molecule has 17 heavy (non-hydrogen) atoms. The number of rotatable bonds is 5. The molecule has 0 N–H and O–H groups in total. The van der Waals surface area contributed by atoms with Crippen LogP contribution in [-0.2, 0) is 0 Å². The topological polar surface area (TPSA) is 0 Å². The van der Waals surface area contributed by atoms with Crippen LogP contribution < -0.4 is 0 Å². The first-order valence-corrected chi connectivity index (χ1v) is 6.80. The molecule has 0 aliphatic heterocycles. The molecule has 0 saturated heterocycles. The maximum absolute atomic E-state index is 3.30. The van der Waals surface area contributed by atoms with Gasteiger partial charge in [0, 0.05) is 12.0 Å². The van der Waals surface area contributed by atoms with Crippen LogP contribution in [0, 0.1) is 25.7 Å². The van der Waals surface area contributed by atoms with Gasteiger partial charge in [0.1, 0.15) is 0 Å². The molecule has 0 bridgehead atoms. The van der Waals surface area contributed by atoms with Crippen LogP contribution in [0.3, 0.4) is 0 Å². The first kappa shape index (κ1) is 13.8. The number of hydrogen-bond acceptors (Lipinski definition) is 0. The molecule has 1 aromatic carbocycles. The largest absolute Gasteiger partial charge is 0.0979 e. The minimum absolute atomic E-state index is 1.04. The van der Waals surface area contributed by atoms with E-state index in [1.54, 1.807) is 0 Å². The molecule has 0 heteroatoms. The molecule has 0 spiro atoms. The summed E-state index contributed by atoms with van der Waals surface area (Å²) in [6.45, 7) is 6.50. The van der Waals surface area contributed by atoms with Crippen LogP contribution in [0.2, 0.25) is 0 Å². The molecular formula is C17H24. The van der Waals surface area contributed by atoms with Crippen LogP contribution in [-0.4, -0.2) is 0 Å². The Hall–Kier alpha value is -1.22. The Morgan fingerprint density at radius 1 is 1.00 bits per heavy atom. The summed E-state index contributed by atoms with van der Waals surface area (Å²) in [6, 6.07) is 6.48. The van der Waals surface area contributed by atoms with E-state index in [1.165, 1.54) is 48.8 Å². The van der Waals surface area contributed by atoms with E-state index in [1.807, 2.05) is 0 Å². The molecule has 0 heterocycles. The van der Waals surface area contributed by atoms with E-state index in [9.17, 15) is 0 Å². The Labute approximate surface area is 106 Å². The van der Waals surface area contributed by atoms with Gasteiger partial charge in [0.05, 0.1) is 0 Å². The van der Waals surface area contributed by atoms with E-state index in [0.29, 0.717) is 0 Å². The van der Waals surface area contributed by atoms with Crippen molar-refractivity contribution in [3.63, 3.8) is 0 Å². The fourth-order valence-electron chi connectivity index (χ4n) is 1.85. The lowest BCUT2D eigenvalue weighted by atomic mass is 10.1. The van der Waals surface area contributed by atoms with E-state index < -0.39 is 0 Å². The van der Waals surface area contributed by atoms with Gasteiger partial charge >= 0.3 is 0 Å². The van der Waals surface area contributed by atoms with E-state index in [0.717, 1.165) is 6.42 Å². The summed E-state index contributed by atoms with van der Waals surface area (Å²) in [7, 11) is 0. The summed E-state index contributed by atoms with van der Waals surface area (Å²) in [5.74, 6) is 6.59. The van der Waals surface area contributed by atoms with Gasteiger partial charge in [-0.3, -0.25) is 0 Å². The van der Waals surface area contributed by atoms with Crippen molar-refractivity contribution in [3.05, 3.63) is 34.9 Å². The maximum Gasteiger partial charge on any atom is 0.0277 e. The fraction of sp³-hybridized carbons (Fsp3) is 0.529. The Bertz CT molecular complexity index is 390. The van der Waals surface area contributed by atoms with Gasteiger partial charge in [-0.25, -0.2) is 0 Å². The first-order chi connectivity index (χ1) is 8.24. The molecule has 0 unspecified atom stereocenters. The summed E-state index contributed by atoms with van der Waals surface area (Å²) in [5.41, 5.74) is 3.77. The smallest absolute Gasteiger partial charge is 0.0277 e. The minimum atomic E-state index is 1.04. The Balaban J connectivity index is 2.36. The van der Waals surface area contributed by atoms with Crippen molar-refractivity contribution >= 4 is 0 Å². The fourth-order valence-corrected chi connectivity index (χ4v) is 1.85. The predicted octanol–water partition coefficient (Wildman–Crippen LogP) is 5.02. The standard InChI is InChI=1S/C17H24/c1-4-5-6-7-8-9-10-11-17-14-15(2)12-13-16(17)3/h12-14H,4-9H2,1-3H3. The molecule has 1 aromatic rings. The SMILES string of the molecule is CCCCCCCC#Cc1cc(C)ccc1C. The second-order valence-electron chi connectivity index (χ2n) is 4.78. The van der Waals surface area contributed by atoms with E-state index >= 15 is 0 Å². The third-order valence-electron chi connectivity index (χ3n) is 3.02. The average Bonchev–Trinajstić information content (AvgIpc) is 2.32. The summed E-state index contributed by atoms with van der Waals surface area (Å²) in [6.07, 6.45) is 7.66. The Kier molecular flexibility index (Phi) is 6.48. The van der Waals surface area contributed by atoms with Crippen molar-refractivity contribution in [2.24, 2.45) is 0 Å². The highest BCUT2D eigenvalue weighted by molar-refractivity contribution is 5.42. The van der Waals surface area contributed by atoms with Crippen molar-refractivity contribution < 1.29 is 0 Å². The minimum Gasteiger partial charge on any atom is -0.0979 e. The third kappa shape index (κ3) is 5.59. The van der Waals surface area contributed by atoms with E-state index in [-0.39, 0.29) is 0 Å².